The summed E-state index contributed by atoms with van der Waals surface area (Å²) in [5.74, 6) is 4.93. The molecule has 9 nitrogen and oxygen atoms in total. The number of hydrogen-bond donors (Lipinski definition) is 4. The fraction of sp³-hybridized carbons (Fsp3) is 0.176. The van der Waals surface area contributed by atoms with Crippen molar-refractivity contribution in [3.8, 4) is 5.75 Å². The van der Waals surface area contributed by atoms with Crippen molar-refractivity contribution in [1.82, 2.24) is 9.99 Å². The van der Waals surface area contributed by atoms with Crippen LogP contribution in [0, 0.1) is 12.3 Å². The highest BCUT2D eigenvalue weighted by Crippen LogP contribution is 2.22. The molecule has 1 aromatic carbocycles. The van der Waals surface area contributed by atoms with E-state index in [4.69, 9.17) is 27.5 Å². The second kappa shape index (κ2) is 9.51. The number of amides is 2. The molecule has 2 amide bonds. The van der Waals surface area contributed by atoms with Crippen LogP contribution in [0.5, 0.6) is 5.75 Å². The summed E-state index contributed by atoms with van der Waals surface area (Å²) in [5, 5.41) is 8.51. The van der Waals surface area contributed by atoms with Gasteiger partial charge in [0.2, 0.25) is 0 Å². The van der Waals surface area contributed by atoms with Crippen LogP contribution in [0.3, 0.4) is 0 Å². The Balaban J connectivity index is 0.00000364. The first kappa shape index (κ1) is 21.9. The summed E-state index contributed by atoms with van der Waals surface area (Å²) in [4.78, 5) is 27.4. The van der Waals surface area contributed by atoms with Gasteiger partial charge in [-0.3, -0.25) is 25.0 Å². The van der Waals surface area contributed by atoms with Crippen molar-refractivity contribution in [3.05, 3.63) is 58.9 Å². The number of ether oxygens (including phenoxy) is 1. The SMILES string of the molecule is Cc1cncc(C(=O)N(N)Cc2ccc(C(=N)N)cc2OCC(N)=O)c1.Cl. The Hall–Kier alpha value is -3.17. The number of amidine groups is 1. The molecular weight excluding hydrogens is 372 g/mol. The van der Waals surface area contributed by atoms with E-state index in [1.54, 1.807) is 24.4 Å². The van der Waals surface area contributed by atoms with Crippen LogP contribution in [0.1, 0.15) is 27.0 Å². The van der Waals surface area contributed by atoms with Crippen LogP contribution in [0.15, 0.2) is 36.7 Å². The molecule has 27 heavy (non-hydrogen) atoms. The van der Waals surface area contributed by atoms with Crippen LogP contribution >= 0.6 is 12.4 Å². The molecule has 0 fully saturated rings. The molecule has 0 spiro atoms. The summed E-state index contributed by atoms with van der Waals surface area (Å²) in [6.07, 6.45) is 3.06. The molecule has 0 unspecified atom stereocenters. The maximum atomic E-state index is 12.4. The first-order valence-electron chi connectivity index (χ1n) is 7.64. The molecule has 1 aromatic heterocycles. The molecule has 144 valence electrons. The van der Waals surface area contributed by atoms with Gasteiger partial charge in [-0.05, 0) is 24.6 Å². The van der Waals surface area contributed by atoms with Gasteiger partial charge in [0, 0.05) is 23.5 Å². The van der Waals surface area contributed by atoms with Crippen molar-refractivity contribution in [2.45, 2.75) is 13.5 Å². The third-order valence-corrected chi connectivity index (χ3v) is 3.47. The number of benzene rings is 1. The average molecular weight is 393 g/mol. The van der Waals surface area contributed by atoms with Gasteiger partial charge in [-0.2, -0.15) is 0 Å². The van der Waals surface area contributed by atoms with Crippen molar-refractivity contribution >= 4 is 30.1 Å². The van der Waals surface area contributed by atoms with Crippen LogP contribution in [-0.4, -0.2) is 34.2 Å². The summed E-state index contributed by atoms with van der Waals surface area (Å²) in [7, 11) is 0. The molecule has 10 heteroatoms. The number of pyridine rings is 1. The van der Waals surface area contributed by atoms with Crippen molar-refractivity contribution in [3.63, 3.8) is 0 Å². The summed E-state index contributed by atoms with van der Waals surface area (Å²) >= 11 is 0. The Morgan fingerprint density at radius 3 is 2.48 bits per heavy atom. The molecular formula is C17H21ClN6O3. The maximum absolute atomic E-state index is 12.4. The van der Waals surface area contributed by atoms with E-state index in [0.29, 0.717) is 16.7 Å². The van der Waals surface area contributed by atoms with Crippen LogP contribution in [-0.2, 0) is 11.3 Å². The molecule has 0 saturated heterocycles. The molecule has 0 radical (unpaired) electrons. The van der Waals surface area contributed by atoms with E-state index in [-0.39, 0.29) is 37.1 Å². The Bertz CT molecular complexity index is 858. The first-order valence-corrected chi connectivity index (χ1v) is 7.64. The van der Waals surface area contributed by atoms with E-state index in [9.17, 15) is 9.59 Å². The van der Waals surface area contributed by atoms with E-state index < -0.39 is 11.8 Å². The predicted octanol–water partition coefficient (Wildman–Crippen LogP) is 0.476. The molecule has 0 aliphatic rings. The number of carbonyl (C=O) groups is 2. The normalized spacial score (nSPS) is 9.85. The van der Waals surface area contributed by atoms with Crippen LogP contribution in [0.2, 0.25) is 0 Å². The van der Waals surface area contributed by atoms with E-state index in [1.807, 2.05) is 6.92 Å². The Labute approximate surface area is 162 Å². The second-order valence-corrected chi connectivity index (χ2v) is 5.68. The van der Waals surface area contributed by atoms with Gasteiger partial charge >= 0.3 is 0 Å². The third-order valence-electron chi connectivity index (χ3n) is 3.47. The molecule has 0 saturated carbocycles. The molecule has 7 N–H and O–H groups in total. The number of nitrogen functional groups attached to an aromatic ring is 1. The summed E-state index contributed by atoms with van der Waals surface area (Å²) in [6.45, 7) is 1.48. The molecule has 2 rings (SSSR count). The van der Waals surface area contributed by atoms with Gasteiger partial charge in [-0.1, -0.05) is 12.1 Å². The van der Waals surface area contributed by atoms with Crippen LogP contribution < -0.4 is 22.0 Å². The number of hydrazine groups is 1. The molecule has 0 atom stereocenters. The number of rotatable bonds is 7. The monoisotopic (exact) mass is 392 g/mol. The van der Waals surface area contributed by atoms with Gasteiger partial charge < -0.3 is 16.2 Å². The minimum absolute atomic E-state index is 0. The molecule has 0 aliphatic heterocycles. The highest BCUT2D eigenvalue weighted by molar-refractivity contribution is 5.95. The van der Waals surface area contributed by atoms with Gasteiger partial charge in [0.05, 0.1) is 12.1 Å². The second-order valence-electron chi connectivity index (χ2n) is 5.68. The number of nitrogens with two attached hydrogens (primary N) is 3. The zero-order valence-corrected chi connectivity index (χ0v) is 15.5. The third kappa shape index (κ3) is 5.94. The molecule has 2 aromatic rings. The maximum Gasteiger partial charge on any atom is 0.269 e. The average Bonchev–Trinajstić information content (AvgIpc) is 2.59. The Morgan fingerprint density at radius 1 is 1.19 bits per heavy atom. The van der Waals surface area contributed by atoms with Crippen molar-refractivity contribution in [2.24, 2.45) is 17.3 Å². The van der Waals surface area contributed by atoms with Gasteiger partial charge in [-0.25, -0.2) is 5.84 Å². The summed E-state index contributed by atoms with van der Waals surface area (Å²) < 4.78 is 5.36. The van der Waals surface area contributed by atoms with E-state index in [1.165, 1.54) is 12.3 Å². The van der Waals surface area contributed by atoms with Crippen molar-refractivity contribution in [2.75, 3.05) is 6.61 Å². The van der Waals surface area contributed by atoms with Gasteiger partial charge in [0.1, 0.15) is 11.6 Å². The van der Waals surface area contributed by atoms with Crippen LogP contribution in [0.4, 0.5) is 0 Å². The number of nitrogens with one attached hydrogen (secondary N) is 1. The van der Waals surface area contributed by atoms with Crippen molar-refractivity contribution < 1.29 is 14.3 Å². The fourth-order valence-corrected chi connectivity index (χ4v) is 2.23. The van der Waals surface area contributed by atoms with Gasteiger partial charge in [0.25, 0.3) is 11.8 Å². The van der Waals surface area contributed by atoms with Crippen LogP contribution in [0.25, 0.3) is 0 Å². The zero-order valence-electron chi connectivity index (χ0n) is 14.6. The predicted molar refractivity (Wildman–Crippen MR) is 102 cm³/mol. The lowest BCUT2D eigenvalue weighted by atomic mass is 10.1. The highest BCUT2D eigenvalue weighted by Gasteiger charge is 2.17. The minimum atomic E-state index is -0.657. The molecule has 0 aliphatic carbocycles. The number of aryl methyl sites for hydroxylation is 1. The van der Waals surface area contributed by atoms with E-state index >= 15 is 0 Å². The lowest BCUT2D eigenvalue weighted by molar-refractivity contribution is -0.119. The van der Waals surface area contributed by atoms with Gasteiger partial charge in [0.15, 0.2) is 6.61 Å². The number of carbonyl (C=O) groups excluding carboxylic acids is 2. The number of aromatic nitrogens is 1. The smallest absolute Gasteiger partial charge is 0.269 e. The first-order chi connectivity index (χ1) is 12.3. The lowest BCUT2D eigenvalue weighted by Crippen LogP contribution is -2.37. The Kier molecular flexibility index (Phi) is 7.70. The van der Waals surface area contributed by atoms with Crippen molar-refractivity contribution in [1.29, 1.82) is 5.41 Å². The largest absolute Gasteiger partial charge is 0.483 e. The standard InChI is InChI=1S/C17H20N6O3.ClH/c1-10-4-13(7-22-6-10)17(25)23(21)8-12-3-2-11(16(19)20)5-14(12)26-9-15(18)24;/h2-7H,8-9,21H2,1H3,(H2,18,24)(H3,19,20);1H. The highest BCUT2D eigenvalue weighted by atomic mass is 35.5. The number of hydrogen-bond acceptors (Lipinski definition) is 6. The molecule has 0 bridgehead atoms. The topological polar surface area (TPSA) is 161 Å². The lowest BCUT2D eigenvalue weighted by Gasteiger charge is -2.19. The van der Waals surface area contributed by atoms with E-state index in [0.717, 1.165) is 10.6 Å². The summed E-state index contributed by atoms with van der Waals surface area (Å²) in [5.41, 5.74) is 12.7. The molecule has 1 heterocycles. The number of nitrogens with zero attached hydrogens (tertiary/aromatic N) is 2. The number of halogens is 1. The van der Waals surface area contributed by atoms with E-state index in [2.05, 4.69) is 4.98 Å². The van der Waals surface area contributed by atoms with Gasteiger partial charge in [-0.15, -0.1) is 12.4 Å². The summed E-state index contributed by atoms with van der Waals surface area (Å²) in [6, 6.07) is 6.39. The quantitative estimate of drug-likeness (QED) is 0.176. The fourth-order valence-electron chi connectivity index (χ4n) is 2.23. The minimum Gasteiger partial charge on any atom is -0.483 e. The number of primary amides is 1. The Morgan fingerprint density at radius 2 is 1.89 bits per heavy atom. The zero-order chi connectivity index (χ0) is 19.3.